The molecule has 0 bridgehead atoms. The highest BCUT2D eigenvalue weighted by molar-refractivity contribution is 5.76. The maximum absolute atomic E-state index is 12.1. The molecule has 3 N–H and O–H groups in total. The van der Waals surface area contributed by atoms with E-state index >= 15 is 0 Å². The van der Waals surface area contributed by atoms with E-state index in [4.69, 9.17) is 5.73 Å². The molecule has 1 fully saturated rings. The third-order valence-electron chi connectivity index (χ3n) is 3.74. The Kier molecular flexibility index (Phi) is 4.80. The van der Waals surface area contributed by atoms with Gasteiger partial charge in [-0.25, -0.2) is 0 Å². The van der Waals surface area contributed by atoms with E-state index in [1.54, 1.807) is 0 Å². The standard InChI is InChI=1S/C15H22N2O2/c16-14-6-3-12(4-7-14)5-8-15(19)17-9-1-2-13(10-17)11-18/h3-4,6-7,13,18H,1-2,5,8-11,16H2. The Balaban J connectivity index is 1.82. The molecule has 4 heteroatoms. The molecule has 0 radical (unpaired) electrons. The molecule has 0 spiro atoms. The van der Waals surface area contributed by atoms with E-state index in [2.05, 4.69) is 0 Å². The lowest BCUT2D eigenvalue weighted by atomic mass is 9.98. The second kappa shape index (κ2) is 6.57. The first-order valence-corrected chi connectivity index (χ1v) is 6.92. The summed E-state index contributed by atoms with van der Waals surface area (Å²) in [5.41, 5.74) is 7.52. The molecule has 1 saturated heterocycles. The van der Waals surface area contributed by atoms with E-state index in [1.807, 2.05) is 29.2 Å². The number of anilines is 1. The molecule has 1 atom stereocenters. The molecule has 1 aliphatic rings. The van der Waals surface area contributed by atoms with Crippen molar-refractivity contribution in [2.24, 2.45) is 5.92 Å². The molecule has 19 heavy (non-hydrogen) atoms. The maximum atomic E-state index is 12.1. The minimum absolute atomic E-state index is 0.182. The summed E-state index contributed by atoms with van der Waals surface area (Å²) in [6.45, 7) is 1.72. The van der Waals surface area contributed by atoms with Gasteiger partial charge in [-0.1, -0.05) is 12.1 Å². The van der Waals surface area contributed by atoms with Crippen molar-refractivity contribution in [3.05, 3.63) is 29.8 Å². The van der Waals surface area contributed by atoms with Gasteiger partial charge in [-0.3, -0.25) is 4.79 Å². The molecule has 0 aromatic heterocycles. The van der Waals surface area contributed by atoms with Crippen molar-refractivity contribution in [2.75, 3.05) is 25.4 Å². The first-order valence-electron chi connectivity index (χ1n) is 6.92. The van der Waals surface area contributed by atoms with Crippen LogP contribution in [0.5, 0.6) is 0 Å². The van der Waals surface area contributed by atoms with E-state index in [0.29, 0.717) is 13.0 Å². The summed E-state index contributed by atoms with van der Waals surface area (Å²) in [7, 11) is 0. The quantitative estimate of drug-likeness (QED) is 0.807. The molecule has 104 valence electrons. The summed E-state index contributed by atoms with van der Waals surface area (Å²) < 4.78 is 0. The molecule has 1 aromatic carbocycles. The molecular weight excluding hydrogens is 240 g/mol. The number of rotatable bonds is 4. The van der Waals surface area contributed by atoms with Gasteiger partial charge in [-0.2, -0.15) is 0 Å². The maximum Gasteiger partial charge on any atom is 0.222 e. The van der Waals surface area contributed by atoms with Crippen LogP contribution < -0.4 is 5.73 Å². The number of hydrogen-bond donors (Lipinski definition) is 2. The van der Waals surface area contributed by atoms with Crippen LogP contribution >= 0.6 is 0 Å². The molecule has 1 unspecified atom stereocenters. The summed E-state index contributed by atoms with van der Waals surface area (Å²) in [5, 5.41) is 9.17. The fourth-order valence-electron chi connectivity index (χ4n) is 2.53. The third-order valence-corrected chi connectivity index (χ3v) is 3.74. The number of amides is 1. The summed E-state index contributed by atoms with van der Waals surface area (Å²) >= 11 is 0. The van der Waals surface area contributed by atoms with Gasteiger partial charge >= 0.3 is 0 Å². The van der Waals surface area contributed by atoms with Crippen molar-refractivity contribution < 1.29 is 9.90 Å². The average molecular weight is 262 g/mol. The highest BCUT2D eigenvalue weighted by atomic mass is 16.3. The second-order valence-electron chi connectivity index (χ2n) is 5.27. The molecule has 0 aliphatic carbocycles. The van der Waals surface area contributed by atoms with Crippen molar-refractivity contribution in [2.45, 2.75) is 25.7 Å². The van der Waals surface area contributed by atoms with Crippen LogP contribution in [0.15, 0.2) is 24.3 Å². The number of aliphatic hydroxyl groups is 1. The Labute approximate surface area is 114 Å². The first-order chi connectivity index (χ1) is 9.19. The van der Waals surface area contributed by atoms with Gasteiger partial charge in [0.15, 0.2) is 0 Å². The Hall–Kier alpha value is -1.55. The van der Waals surface area contributed by atoms with Crippen molar-refractivity contribution >= 4 is 11.6 Å². The van der Waals surface area contributed by atoms with E-state index in [0.717, 1.165) is 37.1 Å². The van der Waals surface area contributed by atoms with Crippen molar-refractivity contribution in [1.29, 1.82) is 0 Å². The summed E-state index contributed by atoms with van der Waals surface area (Å²) in [6, 6.07) is 7.66. The molecule has 1 aliphatic heterocycles. The van der Waals surface area contributed by atoms with Gasteiger partial charge in [0.25, 0.3) is 0 Å². The molecule has 1 heterocycles. The zero-order valence-corrected chi connectivity index (χ0v) is 11.2. The zero-order chi connectivity index (χ0) is 13.7. The fourth-order valence-corrected chi connectivity index (χ4v) is 2.53. The van der Waals surface area contributed by atoms with Gasteiger partial charge in [-0.05, 0) is 42.9 Å². The number of benzene rings is 1. The molecule has 4 nitrogen and oxygen atoms in total. The third kappa shape index (κ3) is 3.96. The Bertz CT molecular complexity index is 417. The van der Waals surface area contributed by atoms with Crippen LogP contribution in [0.4, 0.5) is 5.69 Å². The van der Waals surface area contributed by atoms with Crippen LogP contribution in [0, 0.1) is 5.92 Å². The Morgan fingerprint density at radius 3 is 2.79 bits per heavy atom. The molecule has 2 rings (SSSR count). The lowest BCUT2D eigenvalue weighted by Crippen LogP contribution is -2.41. The second-order valence-corrected chi connectivity index (χ2v) is 5.27. The van der Waals surface area contributed by atoms with E-state index in [1.165, 1.54) is 0 Å². The monoisotopic (exact) mass is 262 g/mol. The number of piperidine rings is 1. The number of nitrogens with two attached hydrogens (primary N) is 1. The molecule has 0 saturated carbocycles. The van der Waals surface area contributed by atoms with Gasteiger partial charge in [0.05, 0.1) is 0 Å². The lowest BCUT2D eigenvalue weighted by molar-refractivity contribution is -0.133. The minimum Gasteiger partial charge on any atom is -0.399 e. The number of carbonyl (C=O) groups is 1. The van der Waals surface area contributed by atoms with Crippen molar-refractivity contribution in [1.82, 2.24) is 4.90 Å². The fraction of sp³-hybridized carbons (Fsp3) is 0.533. The van der Waals surface area contributed by atoms with Crippen LogP contribution in [-0.2, 0) is 11.2 Å². The zero-order valence-electron chi connectivity index (χ0n) is 11.2. The van der Waals surface area contributed by atoms with Gasteiger partial charge in [0.2, 0.25) is 5.91 Å². The number of nitrogen functional groups attached to an aromatic ring is 1. The van der Waals surface area contributed by atoms with Crippen LogP contribution in [0.25, 0.3) is 0 Å². The molecule has 1 amide bonds. The van der Waals surface area contributed by atoms with E-state index in [9.17, 15) is 9.90 Å². The topological polar surface area (TPSA) is 66.6 Å². The van der Waals surface area contributed by atoms with Gasteiger partial charge in [0, 0.05) is 31.8 Å². The number of hydrogen-bond acceptors (Lipinski definition) is 3. The predicted octanol–water partition coefficient (Wildman–Crippen LogP) is 1.43. The first kappa shape index (κ1) is 13.9. The summed E-state index contributed by atoms with van der Waals surface area (Å²) in [4.78, 5) is 14.0. The minimum atomic E-state index is 0.182. The normalized spacial score (nSPS) is 19.4. The van der Waals surface area contributed by atoms with Crippen molar-refractivity contribution in [3.8, 4) is 0 Å². The molecular formula is C15H22N2O2. The van der Waals surface area contributed by atoms with Crippen LogP contribution in [0.1, 0.15) is 24.8 Å². The molecule has 1 aromatic rings. The number of nitrogens with zero attached hydrogens (tertiary/aromatic N) is 1. The van der Waals surface area contributed by atoms with E-state index < -0.39 is 0 Å². The Morgan fingerprint density at radius 2 is 2.11 bits per heavy atom. The predicted molar refractivity (Wildman–Crippen MR) is 75.6 cm³/mol. The number of aryl methyl sites for hydroxylation is 1. The van der Waals surface area contributed by atoms with Gasteiger partial charge in [0.1, 0.15) is 0 Å². The smallest absolute Gasteiger partial charge is 0.222 e. The van der Waals surface area contributed by atoms with Crippen LogP contribution in [-0.4, -0.2) is 35.6 Å². The largest absolute Gasteiger partial charge is 0.399 e. The van der Waals surface area contributed by atoms with Crippen LogP contribution in [0.2, 0.25) is 0 Å². The number of aliphatic hydroxyl groups excluding tert-OH is 1. The highest BCUT2D eigenvalue weighted by Crippen LogP contribution is 2.17. The SMILES string of the molecule is Nc1ccc(CCC(=O)N2CCCC(CO)C2)cc1. The highest BCUT2D eigenvalue weighted by Gasteiger charge is 2.22. The summed E-state index contributed by atoms with van der Waals surface area (Å²) in [5.74, 6) is 0.448. The van der Waals surface area contributed by atoms with Crippen LogP contribution in [0.3, 0.4) is 0 Å². The number of likely N-dealkylation sites (tertiary alicyclic amines) is 1. The average Bonchev–Trinajstić information content (AvgIpc) is 2.46. The lowest BCUT2D eigenvalue weighted by Gasteiger charge is -2.32. The Morgan fingerprint density at radius 1 is 1.37 bits per heavy atom. The summed E-state index contributed by atoms with van der Waals surface area (Å²) in [6.07, 6.45) is 3.30. The van der Waals surface area contributed by atoms with Crippen molar-refractivity contribution in [3.63, 3.8) is 0 Å². The van der Waals surface area contributed by atoms with Gasteiger partial charge < -0.3 is 15.7 Å². The van der Waals surface area contributed by atoms with Gasteiger partial charge in [-0.15, -0.1) is 0 Å². The van der Waals surface area contributed by atoms with E-state index in [-0.39, 0.29) is 18.4 Å². The number of carbonyl (C=O) groups excluding carboxylic acids is 1.